The lowest BCUT2D eigenvalue weighted by atomic mass is 9.86. The molecule has 0 spiro atoms. The van der Waals surface area contributed by atoms with E-state index in [1.807, 2.05) is 0 Å². The zero-order valence-electron chi connectivity index (χ0n) is 14.3. The van der Waals surface area contributed by atoms with Gasteiger partial charge in [-0.2, -0.15) is 0 Å². The van der Waals surface area contributed by atoms with Crippen LogP contribution in [0.5, 0.6) is 0 Å². The molecule has 0 aromatic rings. The van der Waals surface area contributed by atoms with Gasteiger partial charge in [0.05, 0.1) is 0 Å². The predicted molar refractivity (Wildman–Crippen MR) is 88.1 cm³/mol. The molecule has 2 heteroatoms. The van der Waals surface area contributed by atoms with E-state index in [0.717, 1.165) is 11.8 Å². The van der Waals surface area contributed by atoms with Gasteiger partial charge in [0, 0.05) is 24.7 Å². The first-order valence-corrected chi connectivity index (χ1v) is 9.10. The molecule has 0 amide bonds. The quantitative estimate of drug-likeness (QED) is 0.675. The van der Waals surface area contributed by atoms with Crippen LogP contribution in [0.25, 0.3) is 0 Å². The third kappa shape index (κ3) is 3.76. The fourth-order valence-electron chi connectivity index (χ4n) is 3.81. The Morgan fingerprint density at radius 3 is 2.55 bits per heavy atom. The molecule has 0 bridgehead atoms. The van der Waals surface area contributed by atoms with Gasteiger partial charge in [0.15, 0.2) is 0 Å². The smallest absolute Gasteiger partial charge is 0.0334 e. The molecule has 0 radical (unpaired) electrons. The lowest BCUT2D eigenvalue weighted by Gasteiger charge is -2.50. The van der Waals surface area contributed by atoms with E-state index in [9.17, 15) is 0 Å². The molecule has 3 unspecified atom stereocenters. The Balaban J connectivity index is 1.92. The maximum atomic E-state index is 3.87. The molecule has 20 heavy (non-hydrogen) atoms. The average molecular weight is 281 g/mol. The Bertz CT molecular complexity index is 287. The highest BCUT2D eigenvalue weighted by Gasteiger charge is 2.48. The molecule has 2 aliphatic rings. The van der Waals surface area contributed by atoms with Crippen molar-refractivity contribution in [2.75, 3.05) is 19.6 Å². The number of hydrogen-bond acceptors (Lipinski definition) is 2. The summed E-state index contributed by atoms with van der Waals surface area (Å²) in [6.45, 7) is 13.4. The van der Waals surface area contributed by atoms with Gasteiger partial charge in [-0.05, 0) is 44.6 Å². The van der Waals surface area contributed by atoms with E-state index < -0.39 is 0 Å². The molecule has 1 N–H and O–H groups in total. The van der Waals surface area contributed by atoms with Crippen LogP contribution in [0.3, 0.4) is 0 Å². The maximum Gasteiger partial charge on any atom is 0.0334 e. The molecule has 3 atom stereocenters. The fourth-order valence-corrected chi connectivity index (χ4v) is 3.81. The first-order chi connectivity index (χ1) is 9.61. The van der Waals surface area contributed by atoms with Crippen LogP contribution in [0, 0.1) is 11.8 Å². The van der Waals surface area contributed by atoms with Gasteiger partial charge in [-0.15, -0.1) is 0 Å². The van der Waals surface area contributed by atoms with Crippen LogP contribution >= 0.6 is 0 Å². The van der Waals surface area contributed by atoms with Crippen molar-refractivity contribution in [1.29, 1.82) is 0 Å². The predicted octanol–water partition coefficient (Wildman–Crippen LogP) is 4.06. The molecule has 2 fully saturated rings. The summed E-state index contributed by atoms with van der Waals surface area (Å²) in [6, 6.07) is 0.706. The van der Waals surface area contributed by atoms with Crippen molar-refractivity contribution in [3.8, 4) is 0 Å². The number of hydrogen-bond donors (Lipinski definition) is 1. The van der Waals surface area contributed by atoms with E-state index in [0.29, 0.717) is 11.6 Å². The number of unbranched alkanes of at least 4 members (excludes halogenated alkanes) is 3. The SMILES string of the molecule is CCCCCCN1CC(C(C)CC)NCC1(C)C1CC1. The molecular formula is C18H36N2. The molecule has 2 nitrogen and oxygen atoms in total. The summed E-state index contributed by atoms with van der Waals surface area (Å²) in [7, 11) is 0. The topological polar surface area (TPSA) is 15.3 Å². The maximum absolute atomic E-state index is 3.87. The molecule has 1 saturated carbocycles. The van der Waals surface area contributed by atoms with Crippen LogP contribution in [0.4, 0.5) is 0 Å². The molecule has 0 aromatic carbocycles. The summed E-state index contributed by atoms with van der Waals surface area (Å²) in [4.78, 5) is 2.85. The van der Waals surface area contributed by atoms with Crippen molar-refractivity contribution in [2.45, 2.75) is 84.2 Å². The van der Waals surface area contributed by atoms with Crippen molar-refractivity contribution >= 4 is 0 Å². The number of nitrogens with zero attached hydrogens (tertiary/aromatic N) is 1. The van der Waals surface area contributed by atoms with E-state index in [2.05, 4.69) is 37.9 Å². The van der Waals surface area contributed by atoms with Gasteiger partial charge in [-0.25, -0.2) is 0 Å². The second-order valence-corrected chi connectivity index (χ2v) is 7.51. The van der Waals surface area contributed by atoms with E-state index in [1.54, 1.807) is 0 Å². The van der Waals surface area contributed by atoms with Crippen LogP contribution in [0.15, 0.2) is 0 Å². The summed E-state index contributed by atoms with van der Waals surface area (Å²) >= 11 is 0. The van der Waals surface area contributed by atoms with Crippen molar-refractivity contribution in [3.05, 3.63) is 0 Å². The minimum Gasteiger partial charge on any atom is -0.311 e. The van der Waals surface area contributed by atoms with Crippen molar-refractivity contribution in [3.63, 3.8) is 0 Å². The summed E-state index contributed by atoms with van der Waals surface area (Å²) in [6.07, 6.45) is 9.76. The fraction of sp³-hybridized carbons (Fsp3) is 1.00. The van der Waals surface area contributed by atoms with Gasteiger partial charge in [0.1, 0.15) is 0 Å². The van der Waals surface area contributed by atoms with Crippen LogP contribution in [-0.4, -0.2) is 36.1 Å². The highest BCUT2D eigenvalue weighted by atomic mass is 15.3. The van der Waals surface area contributed by atoms with Crippen LogP contribution in [-0.2, 0) is 0 Å². The van der Waals surface area contributed by atoms with Crippen molar-refractivity contribution in [2.24, 2.45) is 11.8 Å². The third-order valence-corrected chi connectivity index (χ3v) is 5.93. The van der Waals surface area contributed by atoms with Gasteiger partial charge < -0.3 is 5.32 Å². The Morgan fingerprint density at radius 1 is 1.20 bits per heavy atom. The average Bonchev–Trinajstić information content (AvgIpc) is 3.29. The highest BCUT2D eigenvalue weighted by molar-refractivity contribution is 5.05. The number of rotatable bonds is 8. The van der Waals surface area contributed by atoms with Gasteiger partial charge in [-0.3, -0.25) is 4.90 Å². The Labute approximate surface area is 126 Å². The monoisotopic (exact) mass is 280 g/mol. The number of piperazine rings is 1. The lowest BCUT2D eigenvalue weighted by Crippen LogP contribution is -2.65. The molecule has 118 valence electrons. The summed E-state index contributed by atoms with van der Waals surface area (Å²) < 4.78 is 0. The minimum atomic E-state index is 0.441. The highest BCUT2D eigenvalue weighted by Crippen LogP contribution is 2.44. The van der Waals surface area contributed by atoms with E-state index in [1.165, 1.54) is 64.6 Å². The molecule has 2 rings (SSSR count). The first kappa shape index (κ1) is 16.3. The lowest BCUT2D eigenvalue weighted by molar-refractivity contribution is 0.0221. The summed E-state index contributed by atoms with van der Waals surface area (Å²) in [5.41, 5.74) is 0.441. The van der Waals surface area contributed by atoms with E-state index >= 15 is 0 Å². The first-order valence-electron chi connectivity index (χ1n) is 9.10. The minimum absolute atomic E-state index is 0.441. The molecule has 1 aliphatic heterocycles. The number of nitrogens with one attached hydrogen (secondary N) is 1. The molecule has 1 heterocycles. The zero-order chi connectivity index (χ0) is 14.6. The van der Waals surface area contributed by atoms with Gasteiger partial charge >= 0.3 is 0 Å². The second-order valence-electron chi connectivity index (χ2n) is 7.51. The largest absolute Gasteiger partial charge is 0.311 e. The van der Waals surface area contributed by atoms with Crippen LogP contribution in [0.1, 0.15) is 72.6 Å². The summed E-state index contributed by atoms with van der Waals surface area (Å²) in [5, 5.41) is 3.87. The molecule has 0 aromatic heterocycles. The molecular weight excluding hydrogens is 244 g/mol. The summed E-state index contributed by atoms with van der Waals surface area (Å²) in [5.74, 6) is 1.76. The standard InChI is InChI=1S/C18H36N2/c1-5-7-8-9-12-20-13-17(15(3)6-2)19-14-18(20,4)16-10-11-16/h15-17,19H,5-14H2,1-4H3. The van der Waals surface area contributed by atoms with Gasteiger partial charge in [-0.1, -0.05) is 46.5 Å². The van der Waals surface area contributed by atoms with Gasteiger partial charge in [0.25, 0.3) is 0 Å². The van der Waals surface area contributed by atoms with Crippen LogP contribution < -0.4 is 5.32 Å². The van der Waals surface area contributed by atoms with E-state index in [-0.39, 0.29) is 0 Å². The van der Waals surface area contributed by atoms with Crippen molar-refractivity contribution in [1.82, 2.24) is 10.2 Å². The Morgan fingerprint density at radius 2 is 1.95 bits per heavy atom. The zero-order valence-corrected chi connectivity index (χ0v) is 14.3. The van der Waals surface area contributed by atoms with E-state index in [4.69, 9.17) is 0 Å². The Hall–Kier alpha value is -0.0800. The third-order valence-electron chi connectivity index (χ3n) is 5.93. The van der Waals surface area contributed by atoms with Crippen LogP contribution in [0.2, 0.25) is 0 Å². The normalized spacial score (nSPS) is 33.3. The Kier molecular flexibility index (Phi) is 5.92. The van der Waals surface area contributed by atoms with Crippen molar-refractivity contribution < 1.29 is 0 Å². The second kappa shape index (κ2) is 7.26. The molecule has 1 saturated heterocycles. The van der Waals surface area contributed by atoms with Gasteiger partial charge in [0.2, 0.25) is 0 Å². The molecule has 1 aliphatic carbocycles.